The van der Waals surface area contributed by atoms with Crippen LogP contribution in [-0.4, -0.2) is 23.0 Å². The molecule has 0 saturated carbocycles. The maximum atomic E-state index is 2.51. The van der Waals surface area contributed by atoms with E-state index >= 15 is 0 Å². The normalized spacial score (nSPS) is 12.0. The highest BCUT2D eigenvalue weighted by atomic mass is 32.2. The zero-order valence-corrected chi connectivity index (χ0v) is 25.8. The number of thioether (sulfide) groups is 4. The molecule has 4 aromatic carbocycles. The average Bonchev–Trinajstić information content (AvgIpc) is 2.89. The van der Waals surface area contributed by atoms with E-state index in [4.69, 9.17) is 0 Å². The molecule has 4 rings (SSSR count). The Morgan fingerprint density at radius 1 is 0.417 bits per heavy atom. The van der Waals surface area contributed by atoms with Gasteiger partial charge in [0, 0.05) is 19.6 Å². The number of unbranched alkanes of at least 4 members (excludes halogenated alkanes) is 4. The van der Waals surface area contributed by atoms with Gasteiger partial charge in [0.25, 0.3) is 0 Å². The predicted octanol–water partition coefficient (Wildman–Crippen LogP) is 12.2. The molecule has 0 fully saturated rings. The van der Waals surface area contributed by atoms with E-state index in [9.17, 15) is 0 Å². The molecule has 0 amide bonds. The first-order valence-corrected chi connectivity index (χ1v) is 18.0. The van der Waals surface area contributed by atoms with Crippen LogP contribution >= 0.6 is 47.0 Å². The third-order valence-electron chi connectivity index (χ3n) is 6.77. The van der Waals surface area contributed by atoms with Gasteiger partial charge in [-0.15, -0.1) is 47.0 Å². The Morgan fingerprint density at radius 3 is 0.889 bits per heavy atom. The molecular weight excluding hydrogens is 513 g/mol. The van der Waals surface area contributed by atoms with E-state index in [2.05, 4.69) is 111 Å². The molecule has 0 nitrogen and oxygen atoms in total. The molecule has 0 aliphatic heterocycles. The molecule has 0 radical (unpaired) electrons. The molecule has 4 aromatic rings. The summed E-state index contributed by atoms with van der Waals surface area (Å²) in [6.07, 6.45) is 10.1. The van der Waals surface area contributed by atoms with Crippen molar-refractivity contribution < 1.29 is 0 Å². The molecule has 194 valence electrons. The van der Waals surface area contributed by atoms with Gasteiger partial charge >= 0.3 is 0 Å². The average molecular weight is 555 g/mol. The van der Waals surface area contributed by atoms with Crippen molar-refractivity contribution in [2.75, 3.05) is 23.0 Å². The fourth-order valence-corrected chi connectivity index (χ4v) is 9.52. The van der Waals surface area contributed by atoms with Gasteiger partial charge in [-0.2, -0.15) is 0 Å². The summed E-state index contributed by atoms with van der Waals surface area (Å²) in [6, 6.07) is 14.8. The fourth-order valence-electron chi connectivity index (χ4n) is 4.65. The van der Waals surface area contributed by atoms with Gasteiger partial charge in [0.2, 0.25) is 0 Å². The lowest BCUT2D eigenvalue weighted by atomic mass is 9.94. The largest absolute Gasteiger partial charge is 0.125 e. The van der Waals surface area contributed by atoms with Gasteiger partial charge in [0.05, 0.1) is 0 Å². The Labute approximate surface area is 236 Å². The molecule has 0 heterocycles. The van der Waals surface area contributed by atoms with Crippen LogP contribution in [0.5, 0.6) is 0 Å². The molecule has 0 saturated heterocycles. The number of rotatable bonds is 16. The van der Waals surface area contributed by atoms with Gasteiger partial charge in [-0.3, -0.25) is 0 Å². The van der Waals surface area contributed by atoms with Crippen LogP contribution in [0, 0.1) is 0 Å². The first kappa shape index (κ1) is 28.3. The molecule has 0 unspecified atom stereocenters. The Bertz CT molecular complexity index is 1060. The van der Waals surface area contributed by atoms with Gasteiger partial charge in [0.1, 0.15) is 0 Å². The van der Waals surface area contributed by atoms with E-state index in [0.29, 0.717) is 0 Å². The second-order valence-electron chi connectivity index (χ2n) is 9.63. The van der Waals surface area contributed by atoms with Crippen molar-refractivity contribution >= 4 is 79.4 Å². The zero-order valence-electron chi connectivity index (χ0n) is 22.6. The SMILES string of the molecule is CCCCSc1cc(SCCCC)c2ccc3c(SCCCC)cc(SCCCC)c4ccc1c2c43. The lowest BCUT2D eigenvalue weighted by Gasteiger charge is -2.20. The fraction of sp³-hybridized carbons (Fsp3) is 0.500. The van der Waals surface area contributed by atoms with Crippen LogP contribution in [0.1, 0.15) is 79.1 Å². The van der Waals surface area contributed by atoms with Gasteiger partial charge in [-0.25, -0.2) is 0 Å². The van der Waals surface area contributed by atoms with Crippen molar-refractivity contribution in [2.24, 2.45) is 0 Å². The monoisotopic (exact) mass is 554 g/mol. The van der Waals surface area contributed by atoms with E-state index in [1.165, 1.54) is 126 Å². The summed E-state index contributed by atoms with van der Waals surface area (Å²) < 4.78 is 0. The maximum absolute atomic E-state index is 2.51. The van der Waals surface area contributed by atoms with Crippen molar-refractivity contribution in [1.82, 2.24) is 0 Å². The highest BCUT2D eigenvalue weighted by Crippen LogP contribution is 2.48. The van der Waals surface area contributed by atoms with Gasteiger partial charge in [-0.05, 0) is 93.1 Å². The van der Waals surface area contributed by atoms with Crippen LogP contribution in [0.4, 0.5) is 0 Å². The predicted molar refractivity (Wildman–Crippen MR) is 173 cm³/mol. The highest BCUT2D eigenvalue weighted by Gasteiger charge is 2.19. The van der Waals surface area contributed by atoms with E-state index in [0.717, 1.165) is 0 Å². The van der Waals surface area contributed by atoms with Crippen molar-refractivity contribution in [3.8, 4) is 0 Å². The Balaban J connectivity index is 1.94. The summed E-state index contributed by atoms with van der Waals surface area (Å²) in [6.45, 7) is 9.19. The molecule has 0 aliphatic carbocycles. The standard InChI is InChI=1S/C32H42S4/c1-5-9-17-33-27-21-28(34-18-10-6-2)24-15-16-26-30(36-20-12-8-4)22-29(35-19-11-7-3)25-14-13-23(27)31(24)32(25)26/h13-16,21-22H,5-12,17-20H2,1-4H3. The summed E-state index contributed by atoms with van der Waals surface area (Å²) >= 11 is 8.28. The maximum Gasteiger partial charge on any atom is 0.0162 e. The molecule has 0 aliphatic rings. The van der Waals surface area contributed by atoms with Crippen LogP contribution in [0.15, 0.2) is 56.0 Å². The molecule has 0 bridgehead atoms. The Morgan fingerprint density at radius 2 is 0.667 bits per heavy atom. The van der Waals surface area contributed by atoms with Crippen LogP contribution in [0.3, 0.4) is 0 Å². The number of hydrogen-bond acceptors (Lipinski definition) is 4. The Kier molecular flexibility index (Phi) is 11.4. The second-order valence-corrected chi connectivity index (χ2v) is 14.2. The molecule has 0 N–H and O–H groups in total. The second kappa shape index (κ2) is 14.5. The minimum atomic E-state index is 1.20. The van der Waals surface area contributed by atoms with E-state index in [1.807, 2.05) is 0 Å². The lowest BCUT2D eigenvalue weighted by Crippen LogP contribution is -1.93. The first-order valence-electron chi connectivity index (χ1n) is 14.0. The molecular formula is C32H42S4. The third kappa shape index (κ3) is 6.47. The molecule has 0 aromatic heterocycles. The highest BCUT2D eigenvalue weighted by molar-refractivity contribution is 8.00. The van der Waals surface area contributed by atoms with Gasteiger partial charge < -0.3 is 0 Å². The Hall–Kier alpha value is -0.680. The smallest absolute Gasteiger partial charge is 0.0162 e. The first-order chi connectivity index (χ1) is 17.7. The molecule has 4 heteroatoms. The van der Waals surface area contributed by atoms with Gasteiger partial charge in [-0.1, -0.05) is 77.6 Å². The lowest BCUT2D eigenvalue weighted by molar-refractivity contribution is 0.895. The van der Waals surface area contributed by atoms with Crippen molar-refractivity contribution in [1.29, 1.82) is 0 Å². The summed E-state index contributed by atoms with van der Waals surface area (Å²) in [5.74, 6) is 4.82. The third-order valence-corrected chi connectivity index (χ3v) is 11.3. The quantitative estimate of drug-likeness (QED) is 0.0767. The molecule has 0 atom stereocenters. The van der Waals surface area contributed by atoms with Crippen molar-refractivity contribution in [3.05, 3.63) is 36.4 Å². The van der Waals surface area contributed by atoms with Crippen LogP contribution in [-0.2, 0) is 0 Å². The minimum absolute atomic E-state index is 1.20. The van der Waals surface area contributed by atoms with Gasteiger partial charge in [0.15, 0.2) is 0 Å². The number of benzene rings is 4. The van der Waals surface area contributed by atoms with Crippen molar-refractivity contribution in [3.63, 3.8) is 0 Å². The summed E-state index contributed by atoms with van der Waals surface area (Å²) in [5, 5.41) is 8.88. The summed E-state index contributed by atoms with van der Waals surface area (Å²) in [5.41, 5.74) is 0. The van der Waals surface area contributed by atoms with E-state index < -0.39 is 0 Å². The minimum Gasteiger partial charge on any atom is -0.125 e. The topological polar surface area (TPSA) is 0 Å². The summed E-state index contributed by atoms with van der Waals surface area (Å²) in [4.78, 5) is 5.92. The van der Waals surface area contributed by atoms with Crippen LogP contribution < -0.4 is 0 Å². The van der Waals surface area contributed by atoms with E-state index in [1.54, 1.807) is 0 Å². The van der Waals surface area contributed by atoms with E-state index in [-0.39, 0.29) is 0 Å². The molecule has 0 spiro atoms. The van der Waals surface area contributed by atoms with Crippen LogP contribution in [0.25, 0.3) is 32.3 Å². The summed E-state index contributed by atoms with van der Waals surface area (Å²) in [7, 11) is 0. The number of hydrogen-bond donors (Lipinski definition) is 0. The van der Waals surface area contributed by atoms with Crippen molar-refractivity contribution in [2.45, 2.75) is 98.6 Å². The molecule has 36 heavy (non-hydrogen) atoms. The van der Waals surface area contributed by atoms with Crippen LogP contribution in [0.2, 0.25) is 0 Å². The zero-order chi connectivity index (χ0) is 25.3.